The molecule has 1 aromatic carbocycles. The topological polar surface area (TPSA) is 72.3 Å². The Bertz CT molecular complexity index is 1090. The average molecular weight is 510 g/mol. The van der Waals surface area contributed by atoms with Crippen molar-refractivity contribution >= 4 is 17.2 Å². The van der Waals surface area contributed by atoms with E-state index in [1.807, 2.05) is 6.92 Å². The van der Waals surface area contributed by atoms with Gasteiger partial charge in [0.1, 0.15) is 13.2 Å². The molecule has 1 saturated heterocycles. The van der Waals surface area contributed by atoms with E-state index in [1.165, 1.54) is 5.56 Å². The Morgan fingerprint density at radius 3 is 2.59 bits per heavy atom. The molecule has 1 aliphatic heterocycles. The van der Waals surface area contributed by atoms with Gasteiger partial charge in [0.2, 0.25) is 0 Å². The Morgan fingerprint density at radius 1 is 1.05 bits per heavy atom. The van der Waals surface area contributed by atoms with Gasteiger partial charge in [0, 0.05) is 30.2 Å². The molecule has 6 rings (SSSR count). The van der Waals surface area contributed by atoms with Gasteiger partial charge in [-0.2, -0.15) is 0 Å². The van der Waals surface area contributed by atoms with Gasteiger partial charge >= 0.3 is 0 Å². The highest BCUT2D eigenvalue weighted by molar-refractivity contribution is 6.00. The third kappa shape index (κ3) is 3.95. The largest absolute Gasteiger partial charge is 0.399 e. The molecule has 1 heterocycles. The summed E-state index contributed by atoms with van der Waals surface area (Å²) in [6.45, 7) is 6.24. The first-order chi connectivity index (χ1) is 17.9. The van der Waals surface area contributed by atoms with Crippen LogP contribution >= 0.6 is 0 Å². The van der Waals surface area contributed by atoms with Gasteiger partial charge in [-0.3, -0.25) is 4.79 Å². The van der Waals surface area contributed by atoms with Crippen LogP contribution in [0, 0.1) is 34.5 Å². The van der Waals surface area contributed by atoms with E-state index in [1.54, 1.807) is 7.11 Å². The number of hydrogen-bond acceptors (Lipinski definition) is 6. The number of carbonyl (C=O) groups excluding carboxylic acids is 1. The molecule has 0 amide bonds. The SMILES string of the molecule is CON=C1CC2C(CC[C@]3(C)C(=O)C(F)CC23)[C@@]2(C)CCC(=NOC3CCNC3)C(c3ccccc3)C12. The number of rotatable bonds is 4. The van der Waals surface area contributed by atoms with E-state index < -0.39 is 11.6 Å². The highest BCUT2D eigenvalue weighted by Gasteiger charge is 2.65. The minimum absolute atomic E-state index is 0.0481. The molecule has 37 heavy (non-hydrogen) atoms. The zero-order chi connectivity index (χ0) is 25.8. The first kappa shape index (κ1) is 25.0. The van der Waals surface area contributed by atoms with Crippen molar-refractivity contribution in [1.29, 1.82) is 0 Å². The number of nitrogens with one attached hydrogen (secondary N) is 1. The van der Waals surface area contributed by atoms with Crippen LogP contribution in [0.5, 0.6) is 0 Å². The number of fused-ring (bicyclic) bond motifs is 5. The molecule has 6 nitrogen and oxygen atoms in total. The summed E-state index contributed by atoms with van der Waals surface area (Å²) in [5.41, 5.74) is 2.75. The Morgan fingerprint density at radius 2 is 1.86 bits per heavy atom. The molecule has 1 N–H and O–H groups in total. The number of benzene rings is 1. The van der Waals surface area contributed by atoms with E-state index in [-0.39, 0.29) is 41.0 Å². The van der Waals surface area contributed by atoms with Crippen molar-refractivity contribution in [2.24, 2.45) is 44.8 Å². The average Bonchev–Trinajstić information content (AvgIpc) is 3.50. The summed E-state index contributed by atoms with van der Waals surface area (Å²) in [7, 11) is 1.61. The van der Waals surface area contributed by atoms with Crippen LogP contribution in [-0.4, -0.2) is 49.7 Å². The monoisotopic (exact) mass is 509 g/mol. The van der Waals surface area contributed by atoms with Crippen LogP contribution < -0.4 is 5.32 Å². The lowest BCUT2D eigenvalue weighted by molar-refractivity contribution is -0.136. The van der Waals surface area contributed by atoms with Gasteiger partial charge in [0.25, 0.3) is 0 Å². The molecule has 5 aliphatic rings. The minimum atomic E-state index is -1.33. The highest BCUT2D eigenvalue weighted by Crippen LogP contribution is 2.66. The van der Waals surface area contributed by atoms with E-state index in [2.05, 4.69) is 47.7 Å². The first-order valence-electron chi connectivity index (χ1n) is 14.1. The zero-order valence-electron chi connectivity index (χ0n) is 22.3. The van der Waals surface area contributed by atoms with Crippen molar-refractivity contribution < 1.29 is 18.9 Å². The van der Waals surface area contributed by atoms with Crippen LogP contribution in [0.4, 0.5) is 4.39 Å². The molecule has 0 radical (unpaired) electrons. The fourth-order valence-electron chi connectivity index (χ4n) is 9.00. The van der Waals surface area contributed by atoms with Gasteiger partial charge in [-0.25, -0.2) is 4.39 Å². The molecule has 4 saturated carbocycles. The normalized spacial score (nSPS) is 45.4. The Labute approximate surface area is 219 Å². The summed E-state index contributed by atoms with van der Waals surface area (Å²) in [6, 6.07) is 10.6. The van der Waals surface area contributed by atoms with Gasteiger partial charge < -0.3 is 15.0 Å². The van der Waals surface area contributed by atoms with E-state index in [0.717, 1.165) is 63.0 Å². The molecule has 4 aliphatic carbocycles. The van der Waals surface area contributed by atoms with Crippen molar-refractivity contribution in [1.82, 2.24) is 5.32 Å². The zero-order valence-corrected chi connectivity index (χ0v) is 22.3. The van der Waals surface area contributed by atoms with Gasteiger partial charge in [-0.15, -0.1) is 0 Å². The molecule has 0 bridgehead atoms. The van der Waals surface area contributed by atoms with E-state index in [4.69, 9.17) is 14.8 Å². The van der Waals surface area contributed by atoms with Crippen molar-refractivity contribution in [3.63, 3.8) is 0 Å². The molecular weight excluding hydrogens is 469 g/mol. The third-order valence-corrected chi connectivity index (χ3v) is 10.8. The third-order valence-electron chi connectivity index (χ3n) is 10.8. The molecule has 9 atom stereocenters. The number of carbonyl (C=O) groups is 1. The van der Waals surface area contributed by atoms with Gasteiger partial charge in [-0.05, 0) is 73.8 Å². The summed E-state index contributed by atoms with van der Waals surface area (Å²) < 4.78 is 14.8. The van der Waals surface area contributed by atoms with E-state index in [9.17, 15) is 9.18 Å². The minimum Gasteiger partial charge on any atom is -0.399 e. The van der Waals surface area contributed by atoms with Crippen molar-refractivity contribution in [2.45, 2.75) is 77.0 Å². The maximum Gasteiger partial charge on any atom is 0.173 e. The number of alkyl halides is 1. The van der Waals surface area contributed by atoms with Crippen molar-refractivity contribution in [3.05, 3.63) is 35.9 Å². The molecule has 0 aromatic heterocycles. The summed E-state index contributed by atoms with van der Waals surface area (Å²) in [4.78, 5) is 24.4. The molecule has 7 heteroatoms. The quantitative estimate of drug-likeness (QED) is 0.560. The lowest BCUT2D eigenvalue weighted by Crippen LogP contribution is -2.58. The fourth-order valence-corrected chi connectivity index (χ4v) is 9.00. The molecule has 0 spiro atoms. The second kappa shape index (κ2) is 9.48. The van der Waals surface area contributed by atoms with E-state index in [0.29, 0.717) is 12.3 Å². The predicted molar refractivity (Wildman–Crippen MR) is 141 cm³/mol. The van der Waals surface area contributed by atoms with Crippen LogP contribution in [0.1, 0.15) is 70.3 Å². The van der Waals surface area contributed by atoms with Crippen molar-refractivity contribution in [2.75, 3.05) is 20.2 Å². The summed E-state index contributed by atoms with van der Waals surface area (Å²) in [5.74, 6) is 0.726. The van der Waals surface area contributed by atoms with E-state index >= 15 is 0 Å². The second-order valence-electron chi connectivity index (χ2n) is 12.5. The standard InChI is InChI=1S/C30H40FN3O3/c1-29-13-10-24(34-37-19-11-14-32-17-19)26(18-7-5-4-6-8-18)27(29)25(33-36-3)15-20-21(29)9-12-30(2)22(20)16-23(31)28(30)35/h4-8,19-23,26-27,32H,9-17H2,1-3H3/t19?,20?,21?,22?,23?,26?,27?,29-,30+/m1/s1. The number of halogens is 1. The first-order valence-corrected chi connectivity index (χ1v) is 14.1. The number of ketones is 1. The van der Waals surface area contributed by atoms with Crippen molar-refractivity contribution in [3.8, 4) is 0 Å². The lowest BCUT2D eigenvalue weighted by atomic mass is 9.43. The van der Waals surface area contributed by atoms with Crippen LogP contribution in [0.25, 0.3) is 0 Å². The molecular formula is C30H40FN3O3. The maximum absolute atomic E-state index is 14.8. The number of oxime groups is 2. The Kier molecular flexibility index (Phi) is 6.41. The van der Waals surface area contributed by atoms with Crippen LogP contribution in [0.3, 0.4) is 0 Å². The number of nitrogens with zero attached hydrogens (tertiary/aromatic N) is 2. The Balaban J connectivity index is 1.41. The lowest BCUT2D eigenvalue weighted by Gasteiger charge is -2.61. The summed E-state index contributed by atoms with van der Waals surface area (Å²) in [6.07, 6.45) is 4.46. The van der Waals surface area contributed by atoms with Crippen LogP contribution in [-0.2, 0) is 14.5 Å². The second-order valence-corrected chi connectivity index (χ2v) is 12.5. The number of Topliss-reactive ketones (excluding diaryl/α,β-unsaturated/α-hetero) is 1. The van der Waals surface area contributed by atoms with Crippen LogP contribution in [0.2, 0.25) is 0 Å². The number of hydrogen-bond donors (Lipinski definition) is 1. The molecule has 1 aromatic rings. The van der Waals surface area contributed by atoms with Crippen LogP contribution in [0.15, 0.2) is 40.6 Å². The highest BCUT2D eigenvalue weighted by atomic mass is 19.1. The summed E-state index contributed by atoms with van der Waals surface area (Å²) in [5, 5.41) is 12.8. The molecule has 5 fully saturated rings. The van der Waals surface area contributed by atoms with Gasteiger partial charge in [0.05, 0.1) is 11.4 Å². The van der Waals surface area contributed by atoms with Gasteiger partial charge in [-0.1, -0.05) is 54.5 Å². The molecule has 200 valence electrons. The fraction of sp³-hybridized carbons (Fsp3) is 0.700. The predicted octanol–water partition coefficient (Wildman–Crippen LogP) is 5.29. The van der Waals surface area contributed by atoms with Gasteiger partial charge in [0.15, 0.2) is 12.0 Å². The summed E-state index contributed by atoms with van der Waals surface area (Å²) >= 11 is 0. The smallest absolute Gasteiger partial charge is 0.173 e. The Hall–Kier alpha value is -2.28. The molecule has 7 unspecified atom stereocenters. The maximum atomic E-state index is 14.8.